The largest absolute Gasteiger partial charge is 0.395 e. The quantitative estimate of drug-likeness (QED) is 0.513. The van der Waals surface area contributed by atoms with E-state index in [-0.39, 0.29) is 6.61 Å². The molecule has 0 saturated carbocycles. The molecular formula is C7H13NO2. The molecule has 0 aliphatic carbocycles. The van der Waals surface area contributed by atoms with Gasteiger partial charge in [-0.3, -0.25) is 0 Å². The van der Waals surface area contributed by atoms with Crippen molar-refractivity contribution in [2.24, 2.45) is 5.41 Å². The van der Waals surface area contributed by atoms with E-state index in [9.17, 15) is 0 Å². The molecule has 2 saturated heterocycles. The molecule has 1 unspecified atom stereocenters. The van der Waals surface area contributed by atoms with Gasteiger partial charge in [-0.25, -0.2) is 0 Å². The van der Waals surface area contributed by atoms with Gasteiger partial charge in [0.2, 0.25) is 0 Å². The highest BCUT2D eigenvalue weighted by Crippen LogP contribution is 2.35. The Balaban J connectivity index is 1.92. The summed E-state index contributed by atoms with van der Waals surface area (Å²) in [5.74, 6) is 0. The Morgan fingerprint density at radius 2 is 2.40 bits per heavy atom. The molecule has 3 nitrogen and oxygen atoms in total. The van der Waals surface area contributed by atoms with E-state index in [0.29, 0.717) is 11.5 Å². The molecule has 0 bridgehead atoms. The average Bonchev–Trinajstić information content (AvgIpc) is 2.29. The Hall–Kier alpha value is -0.120. The highest BCUT2D eigenvalue weighted by atomic mass is 16.5. The second kappa shape index (κ2) is 2.19. The van der Waals surface area contributed by atoms with Crippen LogP contribution < -0.4 is 5.32 Å². The topological polar surface area (TPSA) is 41.5 Å². The zero-order valence-corrected chi connectivity index (χ0v) is 5.97. The lowest BCUT2D eigenvalue weighted by Crippen LogP contribution is -2.43. The van der Waals surface area contributed by atoms with Crippen LogP contribution in [-0.2, 0) is 4.74 Å². The van der Waals surface area contributed by atoms with Crippen molar-refractivity contribution in [2.75, 3.05) is 26.4 Å². The van der Waals surface area contributed by atoms with Gasteiger partial charge in [-0.1, -0.05) is 0 Å². The number of rotatable bonds is 1. The molecular weight excluding hydrogens is 130 g/mol. The van der Waals surface area contributed by atoms with E-state index in [1.54, 1.807) is 0 Å². The molecule has 0 radical (unpaired) electrons. The lowest BCUT2D eigenvalue weighted by molar-refractivity contribution is -0.101. The molecule has 2 aliphatic heterocycles. The SMILES string of the molecule is OCC1CC2(CN1)COC2. The van der Waals surface area contributed by atoms with Crippen LogP contribution in [0.15, 0.2) is 0 Å². The van der Waals surface area contributed by atoms with Crippen molar-refractivity contribution in [3.63, 3.8) is 0 Å². The summed E-state index contributed by atoms with van der Waals surface area (Å²) in [6.07, 6.45) is 1.09. The van der Waals surface area contributed by atoms with Crippen LogP contribution in [0.5, 0.6) is 0 Å². The fourth-order valence-electron chi connectivity index (χ4n) is 1.77. The average molecular weight is 143 g/mol. The fourth-order valence-corrected chi connectivity index (χ4v) is 1.77. The fraction of sp³-hybridized carbons (Fsp3) is 1.00. The number of aliphatic hydroxyl groups is 1. The van der Waals surface area contributed by atoms with Crippen LogP contribution in [-0.4, -0.2) is 37.5 Å². The number of ether oxygens (including phenoxy) is 1. The van der Waals surface area contributed by atoms with Gasteiger partial charge >= 0.3 is 0 Å². The lowest BCUT2D eigenvalue weighted by Gasteiger charge is -2.37. The van der Waals surface area contributed by atoms with Crippen LogP contribution in [0.2, 0.25) is 0 Å². The maximum atomic E-state index is 8.81. The highest BCUT2D eigenvalue weighted by molar-refractivity contribution is 4.97. The minimum atomic E-state index is 0.266. The molecule has 3 heteroatoms. The van der Waals surface area contributed by atoms with Crippen LogP contribution in [0, 0.1) is 5.41 Å². The van der Waals surface area contributed by atoms with E-state index in [2.05, 4.69) is 5.32 Å². The predicted molar refractivity (Wildman–Crippen MR) is 36.7 cm³/mol. The van der Waals surface area contributed by atoms with Gasteiger partial charge in [-0.2, -0.15) is 0 Å². The molecule has 1 atom stereocenters. The zero-order valence-electron chi connectivity index (χ0n) is 5.97. The first-order valence-corrected chi connectivity index (χ1v) is 3.77. The van der Waals surface area contributed by atoms with Gasteiger partial charge in [0.05, 0.1) is 19.8 Å². The normalized spacial score (nSPS) is 36.3. The summed E-state index contributed by atoms with van der Waals surface area (Å²) in [4.78, 5) is 0. The van der Waals surface area contributed by atoms with Crippen molar-refractivity contribution in [3.8, 4) is 0 Å². The van der Waals surface area contributed by atoms with Crippen LogP contribution in [0.4, 0.5) is 0 Å². The second-order valence-electron chi connectivity index (χ2n) is 3.46. The molecule has 1 spiro atoms. The molecule has 58 valence electrons. The van der Waals surface area contributed by atoms with Crippen LogP contribution in [0.25, 0.3) is 0 Å². The summed E-state index contributed by atoms with van der Waals surface area (Å²) >= 11 is 0. The Morgan fingerprint density at radius 3 is 2.70 bits per heavy atom. The van der Waals surface area contributed by atoms with E-state index in [0.717, 1.165) is 26.2 Å². The zero-order chi connectivity index (χ0) is 7.03. The molecule has 0 aromatic heterocycles. The third-order valence-electron chi connectivity index (χ3n) is 2.48. The lowest BCUT2D eigenvalue weighted by atomic mass is 9.84. The molecule has 0 aromatic carbocycles. The number of hydrogen-bond acceptors (Lipinski definition) is 3. The van der Waals surface area contributed by atoms with Crippen molar-refractivity contribution in [2.45, 2.75) is 12.5 Å². The maximum absolute atomic E-state index is 8.81. The second-order valence-corrected chi connectivity index (χ2v) is 3.46. The van der Waals surface area contributed by atoms with Gasteiger partial charge in [-0.05, 0) is 6.42 Å². The van der Waals surface area contributed by atoms with E-state index >= 15 is 0 Å². The summed E-state index contributed by atoms with van der Waals surface area (Å²) in [5.41, 5.74) is 0.396. The smallest absolute Gasteiger partial charge is 0.0584 e. The van der Waals surface area contributed by atoms with Crippen molar-refractivity contribution >= 4 is 0 Å². The Bertz CT molecular complexity index is 134. The van der Waals surface area contributed by atoms with Gasteiger partial charge in [0.1, 0.15) is 0 Å². The van der Waals surface area contributed by atoms with Gasteiger partial charge in [0.25, 0.3) is 0 Å². The summed E-state index contributed by atoms with van der Waals surface area (Å²) < 4.78 is 5.13. The summed E-state index contributed by atoms with van der Waals surface area (Å²) in [7, 11) is 0. The summed E-state index contributed by atoms with van der Waals surface area (Å²) in [5, 5.41) is 12.1. The maximum Gasteiger partial charge on any atom is 0.0584 e. The molecule has 0 aromatic rings. The first kappa shape index (κ1) is 6.58. The number of aliphatic hydroxyl groups excluding tert-OH is 1. The third kappa shape index (κ3) is 0.856. The minimum Gasteiger partial charge on any atom is -0.395 e. The first-order chi connectivity index (χ1) is 4.85. The molecule has 2 heterocycles. The van der Waals surface area contributed by atoms with E-state index in [1.807, 2.05) is 0 Å². The monoisotopic (exact) mass is 143 g/mol. The predicted octanol–water partition coefficient (Wildman–Crippen LogP) is -0.643. The van der Waals surface area contributed by atoms with Gasteiger partial charge in [-0.15, -0.1) is 0 Å². The van der Waals surface area contributed by atoms with Crippen molar-refractivity contribution < 1.29 is 9.84 Å². The number of nitrogens with one attached hydrogen (secondary N) is 1. The van der Waals surface area contributed by atoms with Crippen LogP contribution >= 0.6 is 0 Å². The molecule has 10 heavy (non-hydrogen) atoms. The highest BCUT2D eigenvalue weighted by Gasteiger charge is 2.44. The minimum absolute atomic E-state index is 0.266. The first-order valence-electron chi connectivity index (χ1n) is 3.77. The Kier molecular flexibility index (Phi) is 1.44. The Morgan fingerprint density at radius 1 is 1.60 bits per heavy atom. The Labute approximate surface area is 60.4 Å². The summed E-state index contributed by atoms with van der Waals surface area (Å²) in [6, 6.07) is 0.323. The van der Waals surface area contributed by atoms with Crippen molar-refractivity contribution in [1.29, 1.82) is 0 Å². The molecule has 0 amide bonds. The van der Waals surface area contributed by atoms with Crippen molar-refractivity contribution in [3.05, 3.63) is 0 Å². The van der Waals surface area contributed by atoms with E-state index in [1.165, 1.54) is 0 Å². The van der Waals surface area contributed by atoms with Gasteiger partial charge in [0.15, 0.2) is 0 Å². The standard InChI is InChI=1S/C7H13NO2/c9-2-6-1-7(3-8-6)4-10-5-7/h6,8-9H,1-5H2. The van der Waals surface area contributed by atoms with Crippen molar-refractivity contribution in [1.82, 2.24) is 5.32 Å². The molecule has 2 N–H and O–H groups in total. The molecule has 2 fully saturated rings. The molecule has 2 rings (SSSR count). The van der Waals surface area contributed by atoms with Gasteiger partial charge < -0.3 is 15.2 Å². The van der Waals surface area contributed by atoms with Crippen LogP contribution in [0.1, 0.15) is 6.42 Å². The van der Waals surface area contributed by atoms with E-state index in [4.69, 9.17) is 9.84 Å². The number of hydrogen-bond donors (Lipinski definition) is 2. The summed E-state index contributed by atoms with van der Waals surface area (Å²) in [6.45, 7) is 3.06. The third-order valence-corrected chi connectivity index (χ3v) is 2.48. The van der Waals surface area contributed by atoms with Gasteiger partial charge in [0, 0.05) is 18.0 Å². The van der Waals surface area contributed by atoms with E-state index < -0.39 is 0 Å². The van der Waals surface area contributed by atoms with Crippen LogP contribution in [0.3, 0.4) is 0 Å². The molecule has 2 aliphatic rings.